The van der Waals surface area contributed by atoms with E-state index in [4.69, 9.17) is 9.47 Å². The molecule has 2 N–H and O–H groups in total. The first-order chi connectivity index (χ1) is 14.1. The zero-order chi connectivity index (χ0) is 20.6. The van der Waals surface area contributed by atoms with Crippen LogP contribution in [0.3, 0.4) is 0 Å². The fraction of sp³-hybridized carbons (Fsp3) is 0.435. The summed E-state index contributed by atoms with van der Waals surface area (Å²) in [6, 6.07) is 16.3. The highest BCUT2D eigenvalue weighted by atomic mass is 16.5. The van der Waals surface area contributed by atoms with Crippen molar-refractivity contribution in [2.24, 2.45) is 0 Å². The van der Waals surface area contributed by atoms with E-state index in [2.05, 4.69) is 34.5 Å². The Morgan fingerprint density at radius 3 is 2.34 bits per heavy atom. The molecule has 1 heterocycles. The first kappa shape index (κ1) is 21.0. The Hall–Kier alpha value is -2.73. The number of hydrogen-bond acceptors (Lipinski definition) is 4. The van der Waals surface area contributed by atoms with Crippen LogP contribution >= 0.6 is 0 Å². The molecule has 1 aliphatic rings. The van der Waals surface area contributed by atoms with Gasteiger partial charge >= 0.3 is 0 Å². The summed E-state index contributed by atoms with van der Waals surface area (Å²) in [5.74, 6) is 1.08. The van der Waals surface area contributed by atoms with Crippen LogP contribution in [0.1, 0.15) is 24.4 Å². The molecule has 156 valence electrons. The van der Waals surface area contributed by atoms with Gasteiger partial charge in [0, 0.05) is 38.2 Å². The second kappa shape index (κ2) is 10.2. The molecule has 0 unspecified atom stereocenters. The molecule has 2 aromatic rings. The first-order valence-electron chi connectivity index (χ1n) is 10.2. The minimum Gasteiger partial charge on any atom is -0.493 e. The number of quaternary nitrogens is 1. The van der Waals surface area contributed by atoms with Crippen molar-refractivity contribution >= 4 is 11.6 Å². The van der Waals surface area contributed by atoms with Crippen molar-refractivity contribution in [1.29, 1.82) is 0 Å². The van der Waals surface area contributed by atoms with E-state index in [0.717, 1.165) is 13.1 Å². The summed E-state index contributed by atoms with van der Waals surface area (Å²) in [5, 5.41) is 3.07. The van der Waals surface area contributed by atoms with Crippen molar-refractivity contribution in [2.45, 2.75) is 18.9 Å². The molecule has 1 saturated heterocycles. The fourth-order valence-electron chi connectivity index (χ4n) is 3.83. The van der Waals surface area contributed by atoms with Crippen molar-refractivity contribution < 1.29 is 19.2 Å². The minimum atomic E-state index is -0.121. The van der Waals surface area contributed by atoms with Crippen molar-refractivity contribution in [1.82, 2.24) is 5.32 Å². The average molecular weight is 399 g/mol. The number of amides is 1. The zero-order valence-corrected chi connectivity index (χ0v) is 17.6. The second-order valence-corrected chi connectivity index (χ2v) is 7.65. The molecule has 1 fully saturated rings. The third-order valence-electron chi connectivity index (χ3n) is 5.48. The van der Waals surface area contributed by atoms with Gasteiger partial charge in [0.2, 0.25) is 0 Å². The van der Waals surface area contributed by atoms with Gasteiger partial charge in [-0.1, -0.05) is 24.3 Å². The van der Waals surface area contributed by atoms with Crippen LogP contribution in [0.25, 0.3) is 0 Å². The summed E-state index contributed by atoms with van der Waals surface area (Å²) in [5.41, 5.74) is 2.44. The number of anilines is 1. The van der Waals surface area contributed by atoms with E-state index in [1.54, 1.807) is 13.2 Å². The predicted molar refractivity (Wildman–Crippen MR) is 115 cm³/mol. The SMILES string of the molecule is COc1ccccc1OCC(=O)NC[C@H](c1ccc(N(C)C)cc1)[NH+]1CCCC1. The standard InChI is InChI=1S/C23H31N3O3/c1-25(2)19-12-10-18(11-13-19)20(26-14-6-7-15-26)16-24-23(27)17-29-22-9-5-4-8-21(22)28-3/h4-5,8-13,20H,6-7,14-17H2,1-3H3,(H,24,27)/p+1/t20-/m1/s1. The van der Waals surface area contributed by atoms with Crippen molar-refractivity contribution in [2.75, 3.05) is 52.3 Å². The van der Waals surface area contributed by atoms with E-state index in [1.165, 1.54) is 29.0 Å². The highest BCUT2D eigenvalue weighted by Gasteiger charge is 2.27. The van der Waals surface area contributed by atoms with Gasteiger partial charge in [0.1, 0.15) is 6.04 Å². The highest BCUT2D eigenvalue weighted by molar-refractivity contribution is 5.77. The molecular formula is C23H32N3O3+. The Morgan fingerprint density at radius 2 is 1.72 bits per heavy atom. The van der Waals surface area contributed by atoms with Crippen LogP contribution in [0.4, 0.5) is 5.69 Å². The topological polar surface area (TPSA) is 55.2 Å². The summed E-state index contributed by atoms with van der Waals surface area (Å²) in [4.78, 5) is 16.0. The van der Waals surface area contributed by atoms with Crippen LogP contribution in [-0.2, 0) is 4.79 Å². The zero-order valence-electron chi connectivity index (χ0n) is 17.6. The molecule has 29 heavy (non-hydrogen) atoms. The molecule has 1 amide bonds. The van der Waals surface area contributed by atoms with Crippen molar-refractivity contribution in [3.8, 4) is 11.5 Å². The molecule has 3 rings (SSSR count). The molecular weight excluding hydrogens is 366 g/mol. The van der Waals surface area contributed by atoms with E-state index < -0.39 is 0 Å². The number of nitrogens with one attached hydrogen (secondary N) is 2. The molecule has 0 aliphatic carbocycles. The number of carbonyl (C=O) groups excluding carboxylic acids is 1. The molecule has 0 aromatic heterocycles. The normalized spacial score (nSPS) is 15.0. The van der Waals surface area contributed by atoms with Crippen molar-refractivity contribution in [3.63, 3.8) is 0 Å². The van der Waals surface area contributed by atoms with Gasteiger partial charge in [-0.25, -0.2) is 0 Å². The Balaban J connectivity index is 1.60. The van der Waals surface area contributed by atoms with Gasteiger partial charge in [-0.05, 0) is 24.3 Å². The second-order valence-electron chi connectivity index (χ2n) is 7.65. The molecule has 1 atom stereocenters. The third kappa shape index (κ3) is 5.64. The molecule has 1 aliphatic heterocycles. The molecule has 0 saturated carbocycles. The van der Waals surface area contributed by atoms with E-state index >= 15 is 0 Å². The van der Waals surface area contributed by atoms with Crippen LogP contribution in [-0.4, -0.2) is 53.4 Å². The lowest BCUT2D eigenvalue weighted by atomic mass is 10.0. The predicted octanol–water partition coefficient (Wildman–Crippen LogP) is 1.68. The van der Waals surface area contributed by atoms with E-state index in [0.29, 0.717) is 18.0 Å². The van der Waals surface area contributed by atoms with Gasteiger partial charge in [0.15, 0.2) is 18.1 Å². The number of benzene rings is 2. The van der Waals surface area contributed by atoms with Gasteiger partial charge < -0.3 is 24.6 Å². The summed E-state index contributed by atoms with van der Waals surface area (Å²) < 4.78 is 10.9. The van der Waals surface area contributed by atoms with Gasteiger partial charge in [0.25, 0.3) is 5.91 Å². The largest absolute Gasteiger partial charge is 0.493 e. The van der Waals surface area contributed by atoms with E-state index in [1.807, 2.05) is 32.3 Å². The average Bonchev–Trinajstić information content (AvgIpc) is 3.27. The first-order valence-corrected chi connectivity index (χ1v) is 10.2. The maximum absolute atomic E-state index is 12.4. The summed E-state index contributed by atoms with van der Waals surface area (Å²) in [7, 11) is 5.67. The lowest BCUT2D eigenvalue weighted by molar-refractivity contribution is -0.918. The quantitative estimate of drug-likeness (QED) is 0.675. The Labute approximate surface area is 173 Å². The number of rotatable bonds is 9. The Morgan fingerprint density at radius 1 is 1.07 bits per heavy atom. The van der Waals surface area contributed by atoms with Crippen LogP contribution in [0.2, 0.25) is 0 Å². The maximum atomic E-state index is 12.4. The smallest absolute Gasteiger partial charge is 0.258 e. The maximum Gasteiger partial charge on any atom is 0.258 e. The fourth-order valence-corrected chi connectivity index (χ4v) is 3.83. The number of ether oxygens (including phenoxy) is 2. The van der Waals surface area contributed by atoms with Gasteiger partial charge in [-0.15, -0.1) is 0 Å². The van der Waals surface area contributed by atoms with Gasteiger partial charge in [-0.3, -0.25) is 4.79 Å². The number of nitrogens with zero attached hydrogens (tertiary/aromatic N) is 1. The third-order valence-corrected chi connectivity index (χ3v) is 5.48. The Kier molecular flexibility index (Phi) is 7.36. The lowest BCUT2D eigenvalue weighted by Crippen LogP contribution is -3.11. The van der Waals surface area contributed by atoms with Crippen LogP contribution in [0.5, 0.6) is 11.5 Å². The number of methoxy groups -OCH3 is 1. The van der Waals surface area contributed by atoms with Crippen LogP contribution < -0.4 is 24.6 Å². The van der Waals surface area contributed by atoms with Crippen molar-refractivity contribution in [3.05, 3.63) is 54.1 Å². The van der Waals surface area contributed by atoms with Gasteiger partial charge in [-0.2, -0.15) is 0 Å². The Bertz CT molecular complexity index is 786. The van der Waals surface area contributed by atoms with Crippen LogP contribution in [0.15, 0.2) is 48.5 Å². The minimum absolute atomic E-state index is 0.0258. The molecule has 6 heteroatoms. The van der Waals surface area contributed by atoms with E-state index in [9.17, 15) is 4.79 Å². The summed E-state index contributed by atoms with van der Waals surface area (Å²) in [6.07, 6.45) is 2.49. The van der Waals surface area contributed by atoms with Gasteiger partial charge in [0.05, 0.1) is 26.7 Å². The van der Waals surface area contributed by atoms with Crippen LogP contribution in [0, 0.1) is 0 Å². The molecule has 2 aromatic carbocycles. The molecule has 0 bridgehead atoms. The lowest BCUT2D eigenvalue weighted by Gasteiger charge is -2.26. The summed E-state index contributed by atoms with van der Waals surface area (Å²) >= 11 is 0. The van der Waals surface area contributed by atoms with E-state index in [-0.39, 0.29) is 18.6 Å². The monoisotopic (exact) mass is 398 g/mol. The molecule has 0 spiro atoms. The number of carbonyl (C=O) groups is 1. The molecule has 6 nitrogen and oxygen atoms in total. The number of likely N-dealkylation sites (tertiary alicyclic amines) is 1. The number of hydrogen-bond donors (Lipinski definition) is 2. The highest BCUT2D eigenvalue weighted by Crippen LogP contribution is 2.25. The number of para-hydroxylation sites is 2. The summed E-state index contributed by atoms with van der Waals surface area (Å²) in [6.45, 7) is 2.87. The molecule has 0 radical (unpaired) electrons.